The fourth-order valence-electron chi connectivity index (χ4n) is 2.83. The SMILES string of the molecule is CCCNc1nc(N)nc(-c2ccccc2)c1-c1ccc(=O)n(C(C)C)n1. The molecule has 0 aliphatic heterocycles. The highest BCUT2D eigenvalue weighted by molar-refractivity contribution is 5.87. The third-order valence-electron chi connectivity index (χ3n) is 4.09. The number of nitrogens with zero attached hydrogens (tertiary/aromatic N) is 4. The summed E-state index contributed by atoms with van der Waals surface area (Å²) in [5, 5.41) is 7.89. The monoisotopic (exact) mass is 364 g/mol. The fraction of sp³-hybridized carbons (Fsp3) is 0.300. The molecule has 0 unspecified atom stereocenters. The van der Waals surface area contributed by atoms with Gasteiger partial charge in [-0.2, -0.15) is 10.1 Å². The van der Waals surface area contributed by atoms with E-state index in [9.17, 15) is 4.79 Å². The Hall–Kier alpha value is -3.22. The van der Waals surface area contributed by atoms with Crippen LogP contribution in [0.1, 0.15) is 33.2 Å². The van der Waals surface area contributed by atoms with Gasteiger partial charge in [0.15, 0.2) is 0 Å². The van der Waals surface area contributed by atoms with Crippen molar-refractivity contribution < 1.29 is 0 Å². The zero-order valence-corrected chi connectivity index (χ0v) is 15.8. The molecule has 7 nitrogen and oxygen atoms in total. The van der Waals surface area contributed by atoms with Crippen LogP contribution in [-0.4, -0.2) is 26.3 Å². The van der Waals surface area contributed by atoms with Crippen LogP contribution >= 0.6 is 0 Å². The molecule has 7 heteroatoms. The molecule has 0 fully saturated rings. The van der Waals surface area contributed by atoms with Crippen molar-refractivity contribution >= 4 is 11.8 Å². The largest absolute Gasteiger partial charge is 0.369 e. The number of hydrogen-bond acceptors (Lipinski definition) is 6. The Kier molecular flexibility index (Phi) is 5.49. The van der Waals surface area contributed by atoms with Crippen LogP contribution in [0.2, 0.25) is 0 Å². The maximum atomic E-state index is 12.1. The third kappa shape index (κ3) is 3.97. The summed E-state index contributed by atoms with van der Waals surface area (Å²) in [7, 11) is 0. The van der Waals surface area contributed by atoms with Gasteiger partial charge in [-0.05, 0) is 26.3 Å². The Balaban J connectivity index is 2.29. The smallest absolute Gasteiger partial charge is 0.267 e. The van der Waals surface area contributed by atoms with E-state index >= 15 is 0 Å². The molecule has 140 valence electrons. The number of nitrogens with one attached hydrogen (secondary N) is 1. The summed E-state index contributed by atoms with van der Waals surface area (Å²) < 4.78 is 1.46. The van der Waals surface area contributed by atoms with Crippen molar-refractivity contribution in [3.63, 3.8) is 0 Å². The quantitative estimate of drug-likeness (QED) is 0.696. The molecule has 0 saturated heterocycles. The van der Waals surface area contributed by atoms with Crippen LogP contribution in [0.5, 0.6) is 0 Å². The highest BCUT2D eigenvalue weighted by atomic mass is 16.1. The van der Waals surface area contributed by atoms with E-state index in [1.54, 1.807) is 6.07 Å². The normalized spacial score (nSPS) is 11.0. The van der Waals surface area contributed by atoms with Crippen LogP contribution < -0.4 is 16.6 Å². The molecule has 0 spiro atoms. The number of benzene rings is 1. The van der Waals surface area contributed by atoms with Gasteiger partial charge in [0.05, 0.1) is 23.0 Å². The highest BCUT2D eigenvalue weighted by Gasteiger charge is 2.19. The van der Waals surface area contributed by atoms with E-state index in [-0.39, 0.29) is 17.5 Å². The zero-order chi connectivity index (χ0) is 19.4. The number of rotatable bonds is 6. The van der Waals surface area contributed by atoms with E-state index < -0.39 is 0 Å². The Morgan fingerprint density at radius 1 is 1.11 bits per heavy atom. The lowest BCUT2D eigenvalue weighted by atomic mass is 10.0. The average molecular weight is 364 g/mol. The van der Waals surface area contributed by atoms with E-state index in [1.807, 2.05) is 44.2 Å². The van der Waals surface area contributed by atoms with Crippen molar-refractivity contribution in [1.29, 1.82) is 0 Å². The fourth-order valence-corrected chi connectivity index (χ4v) is 2.83. The average Bonchev–Trinajstić information content (AvgIpc) is 2.67. The Labute approximate surface area is 158 Å². The predicted molar refractivity (Wildman–Crippen MR) is 109 cm³/mol. The van der Waals surface area contributed by atoms with Crippen LogP contribution in [0.15, 0.2) is 47.3 Å². The van der Waals surface area contributed by atoms with Gasteiger partial charge in [-0.25, -0.2) is 9.67 Å². The molecule has 0 radical (unpaired) electrons. The van der Waals surface area contributed by atoms with Gasteiger partial charge in [0.2, 0.25) is 5.95 Å². The Morgan fingerprint density at radius 2 is 1.85 bits per heavy atom. The van der Waals surface area contributed by atoms with Crippen molar-refractivity contribution in [2.24, 2.45) is 0 Å². The molecule has 0 atom stereocenters. The molecule has 0 bridgehead atoms. The summed E-state index contributed by atoms with van der Waals surface area (Å²) >= 11 is 0. The first-order chi connectivity index (χ1) is 13.0. The molecule has 3 N–H and O–H groups in total. The third-order valence-corrected chi connectivity index (χ3v) is 4.09. The van der Waals surface area contributed by atoms with Crippen LogP contribution in [0.3, 0.4) is 0 Å². The number of nitrogen functional groups attached to an aromatic ring is 1. The van der Waals surface area contributed by atoms with Crippen molar-refractivity contribution in [1.82, 2.24) is 19.7 Å². The second kappa shape index (κ2) is 7.99. The summed E-state index contributed by atoms with van der Waals surface area (Å²) in [5.74, 6) is 0.804. The molecule has 0 amide bonds. The molecule has 1 aromatic carbocycles. The van der Waals surface area contributed by atoms with Crippen molar-refractivity contribution in [2.75, 3.05) is 17.6 Å². The lowest BCUT2D eigenvalue weighted by Gasteiger charge is -2.17. The molecule has 0 aliphatic rings. The van der Waals surface area contributed by atoms with Gasteiger partial charge in [0.1, 0.15) is 5.82 Å². The Morgan fingerprint density at radius 3 is 2.52 bits per heavy atom. The number of nitrogens with two attached hydrogens (primary N) is 1. The minimum absolute atomic E-state index is 0.0561. The molecular formula is C20H24N6O. The summed E-state index contributed by atoms with van der Waals surface area (Å²) in [4.78, 5) is 21.0. The molecule has 0 saturated carbocycles. The molecule has 3 aromatic rings. The van der Waals surface area contributed by atoms with E-state index in [1.165, 1.54) is 10.7 Å². The van der Waals surface area contributed by atoms with Crippen LogP contribution in [0.25, 0.3) is 22.5 Å². The lowest BCUT2D eigenvalue weighted by Crippen LogP contribution is -2.24. The molecule has 27 heavy (non-hydrogen) atoms. The van der Waals surface area contributed by atoms with Crippen molar-refractivity contribution in [3.05, 3.63) is 52.8 Å². The summed E-state index contributed by atoms with van der Waals surface area (Å²) in [6, 6.07) is 12.9. The predicted octanol–water partition coefficient (Wildman–Crippen LogP) is 3.35. The van der Waals surface area contributed by atoms with Crippen LogP contribution in [0.4, 0.5) is 11.8 Å². The van der Waals surface area contributed by atoms with E-state index in [4.69, 9.17) is 5.73 Å². The van der Waals surface area contributed by atoms with Gasteiger partial charge in [-0.3, -0.25) is 4.79 Å². The van der Waals surface area contributed by atoms with Gasteiger partial charge < -0.3 is 11.1 Å². The lowest BCUT2D eigenvalue weighted by molar-refractivity contribution is 0.505. The van der Waals surface area contributed by atoms with Gasteiger partial charge in [-0.15, -0.1) is 0 Å². The van der Waals surface area contributed by atoms with E-state index in [2.05, 4.69) is 27.3 Å². The summed E-state index contributed by atoms with van der Waals surface area (Å²) in [6.45, 7) is 6.66. The Bertz CT molecular complexity index is 982. The summed E-state index contributed by atoms with van der Waals surface area (Å²) in [6.07, 6.45) is 0.933. The minimum atomic E-state index is -0.144. The van der Waals surface area contributed by atoms with Crippen LogP contribution in [-0.2, 0) is 0 Å². The number of aromatic nitrogens is 4. The number of hydrogen-bond donors (Lipinski definition) is 2. The molecule has 2 heterocycles. The molecular weight excluding hydrogens is 340 g/mol. The maximum absolute atomic E-state index is 12.1. The standard InChI is InChI=1S/C20H24N6O/c1-4-12-22-19-17(15-10-11-16(27)26(25-15)13(2)3)18(23-20(21)24-19)14-8-6-5-7-9-14/h5-11,13H,4,12H2,1-3H3,(H3,21,22,23,24). The summed E-state index contributed by atoms with van der Waals surface area (Å²) in [5.41, 5.74) is 8.79. The topological polar surface area (TPSA) is 98.7 Å². The van der Waals surface area contributed by atoms with E-state index in [0.29, 0.717) is 17.2 Å². The number of anilines is 2. The van der Waals surface area contributed by atoms with Gasteiger partial charge >= 0.3 is 0 Å². The second-order valence-electron chi connectivity index (χ2n) is 6.54. The van der Waals surface area contributed by atoms with Crippen molar-refractivity contribution in [3.8, 4) is 22.5 Å². The van der Waals surface area contributed by atoms with Crippen LogP contribution in [0, 0.1) is 0 Å². The maximum Gasteiger partial charge on any atom is 0.267 e. The van der Waals surface area contributed by atoms with Gasteiger partial charge in [0, 0.05) is 18.2 Å². The van der Waals surface area contributed by atoms with E-state index in [0.717, 1.165) is 24.1 Å². The molecule has 3 rings (SSSR count). The van der Waals surface area contributed by atoms with Gasteiger partial charge in [0.25, 0.3) is 5.56 Å². The first kappa shape index (κ1) is 18.6. The first-order valence-electron chi connectivity index (χ1n) is 9.08. The second-order valence-corrected chi connectivity index (χ2v) is 6.54. The highest BCUT2D eigenvalue weighted by Crippen LogP contribution is 2.35. The molecule has 2 aromatic heterocycles. The van der Waals surface area contributed by atoms with Gasteiger partial charge in [-0.1, -0.05) is 37.3 Å². The minimum Gasteiger partial charge on any atom is -0.369 e. The first-order valence-corrected chi connectivity index (χ1v) is 9.08. The molecule has 0 aliphatic carbocycles. The zero-order valence-electron chi connectivity index (χ0n) is 15.8. The van der Waals surface area contributed by atoms with Crippen molar-refractivity contribution in [2.45, 2.75) is 33.2 Å².